The molecule has 2 nitrogen and oxygen atoms in total. The van der Waals surface area contributed by atoms with Gasteiger partial charge in [0.1, 0.15) is 17.4 Å². The Balaban J connectivity index is 1.64. The van der Waals surface area contributed by atoms with E-state index in [0.29, 0.717) is 5.75 Å². The fourth-order valence-corrected chi connectivity index (χ4v) is 2.80. The standard InChI is InChI=1S/C17H17F2NO/c1-21-17-10-12(18)6-7-16(17)20-13-8-11(9-13)14-4-2-3-5-15(14)19/h2-7,10-11,13,20H,8-9H2,1H3. The second kappa shape index (κ2) is 5.72. The van der Waals surface area contributed by atoms with Crippen LogP contribution >= 0.6 is 0 Å². The lowest BCUT2D eigenvalue weighted by Gasteiger charge is -2.37. The first-order valence-electron chi connectivity index (χ1n) is 7.02. The van der Waals surface area contributed by atoms with Crippen LogP contribution in [0.25, 0.3) is 0 Å². The van der Waals surface area contributed by atoms with Gasteiger partial charge >= 0.3 is 0 Å². The van der Waals surface area contributed by atoms with Crippen molar-refractivity contribution in [1.29, 1.82) is 0 Å². The quantitative estimate of drug-likeness (QED) is 0.904. The monoisotopic (exact) mass is 289 g/mol. The van der Waals surface area contributed by atoms with Crippen LogP contribution in [0.4, 0.5) is 14.5 Å². The van der Waals surface area contributed by atoms with E-state index in [4.69, 9.17) is 4.74 Å². The summed E-state index contributed by atoms with van der Waals surface area (Å²) in [6, 6.07) is 11.6. The summed E-state index contributed by atoms with van der Waals surface area (Å²) in [6.07, 6.45) is 1.73. The number of halogens is 2. The molecule has 0 bridgehead atoms. The number of nitrogens with one attached hydrogen (secondary N) is 1. The van der Waals surface area contributed by atoms with Gasteiger partial charge in [-0.15, -0.1) is 0 Å². The van der Waals surface area contributed by atoms with Crippen LogP contribution in [0, 0.1) is 11.6 Å². The first kappa shape index (κ1) is 13.9. The molecule has 110 valence electrons. The average Bonchev–Trinajstić information content (AvgIpc) is 2.44. The van der Waals surface area contributed by atoms with E-state index in [0.717, 1.165) is 24.1 Å². The van der Waals surface area contributed by atoms with Crippen molar-refractivity contribution in [3.05, 3.63) is 59.7 Å². The zero-order valence-corrected chi connectivity index (χ0v) is 11.8. The van der Waals surface area contributed by atoms with Crippen molar-refractivity contribution in [3.63, 3.8) is 0 Å². The molecule has 21 heavy (non-hydrogen) atoms. The summed E-state index contributed by atoms with van der Waals surface area (Å²) in [4.78, 5) is 0. The van der Waals surface area contributed by atoms with Gasteiger partial charge in [-0.1, -0.05) is 18.2 Å². The van der Waals surface area contributed by atoms with Gasteiger partial charge in [0.2, 0.25) is 0 Å². The number of anilines is 1. The van der Waals surface area contributed by atoms with E-state index in [1.54, 1.807) is 12.1 Å². The SMILES string of the molecule is COc1cc(F)ccc1NC1CC(c2ccccc2F)C1. The predicted octanol–water partition coefficient (Wildman–Crippen LogP) is 4.33. The largest absolute Gasteiger partial charge is 0.494 e. The topological polar surface area (TPSA) is 21.3 Å². The Hall–Kier alpha value is -2.10. The molecule has 1 saturated carbocycles. The third kappa shape index (κ3) is 2.84. The lowest BCUT2D eigenvalue weighted by Crippen LogP contribution is -2.34. The zero-order chi connectivity index (χ0) is 14.8. The molecule has 4 heteroatoms. The Morgan fingerprint density at radius 3 is 2.57 bits per heavy atom. The summed E-state index contributed by atoms with van der Waals surface area (Å²) < 4.78 is 32.0. The molecule has 3 rings (SSSR count). The van der Waals surface area contributed by atoms with Gasteiger partial charge in [0, 0.05) is 12.1 Å². The second-order valence-electron chi connectivity index (χ2n) is 5.38. The lowest BCUT2D eigenvalue weighted by atomic mass is 9.75. The fourth-order valence-electron chi connectivity index (χ4n) is 2.80. The van der Waals surface area contributed by atoms with Gasteiger partial charge < -0.3 is 10.1 Å². The Morgan fingerprint density at radius 1 is 1.10 bits per heavy atom. The molecule has 1 aliphatic rings. The molecule has 0 aliphatic heterocycles. The molecule has 0 saturated heterocycles. The maximum atomic E-state index is 13.7. The van der Waals surface area contributed by atoms with E-state index < -0.39 is 0 Å². The van der Waals surface area contributed by atoms with E-state index in [2.05, 4.69) is 5.32 Å². The van der Waals surface area contributed by atoms with Crippen LogP contribution in [-0.4, -0.2) is 13.2 Å². The van der Waals surface area contributed by atoms with Crippen LogP contribution < -0.4 is 10.1 Å². The normalized spacial score (nSPS) is 20.7. The molecule has 1 fully saturated rings. The number of rotatable bonds is 4. The third-order valence-corrected chi connectivity index (χ3v) is 4.01. The highest BCUT2D eigenvalue weighted by molar-refractivity contribution is 5.57. The number of ether oxygens (including phenoxy) is 1. The van der Waals surface area contributed by atoms with Gasteiger partial charge in [0.15, 0.2) is 0 Å². The summed E-state index contributed by atoms with van der Waals surface area (Å²) in [5.41, 5.74) is 1.55. The molecular formula is C17H17F2NO. The fraction of sp³-hybridized carbons (Fsp3) is 0.294. The molecule has 0 amide bonds. The van der Waals surface area contributed by atoms with E-state index in [-0.39, 0.29) is 23.6 Å². The van der Waals surface area contributed by atoms with Crippen molar-refractivity contribution in [2.45, 2.75) is 24.8 Å². The Labute approximate surface area is 122 Å². The van der Waals surface area contributed by atoms with Crippen molar-refractivity contribution in [2.75, 3.05) is 12.4 Å². The Morgan fingerprint density at radius 2 is 1.86 bits per heavy atom. The molecule has 0 radical (unpaired) electrons. The summed E-state index contributed by atoms with van der Waals surface area (Å²) in [5, 5.41) is 3.33. The smallest absolute Gasteiger partial charge is 0.144 e. The van der Waals surface area contributed by atoms with Crippen molar-refractivity contribution >= 4 is 5.69 Å². The second-order valence-corrected chi connectivity index (χ2v) is 5.38. The summed E-state index contributed by atoms with van der Waals surface area (Å²) in [7, 11) is 1.52. The molecule has 0 aromatic heterocycles. The van der Waals surface area contributed by atoms with E-state index in [9.17, 15) is 8.78 Å². The zero-order valence-electron chi connectivity index (χ0n) is 11.8. The maximum Gasteiger partial charge on any atom is 0.144 e. The van der Waals surface area contributed by atoms with Gasteiger partial charge in [-0.2, -0.15) is 0 Å². The molecule has 0 heterocycles. The maximum absolute atomic E-state index is 13.7. The number of hydrogen-bond acceptors (Lipinski definition) is 2. The number of hydrogen-bond donors (Lipinski definition) is 1. The average molecular weight is 289 g/mol. The van der Waals surface area contributed by atoms with Crippen molar-refractivity contribution in [2.24, 2.45) is 0 Å². The molecule has 0 unspecified atom stereocenters. The van der Waals surface area contributed by atoms with Crippen LogP contribution in [-0.2, 0) is 0 Å². The first-order chi connectivity index (χ1) is 10.2. The minimum Gasteiger partial charge on any atom is -0.494 e. The third-order valence-electron chi connectivity index (χ3n) is 4.01. The minimum absolute atomic E-state index is 0.139. The summed E-state index contributed by atoms with van der Waals surface area (Å²) >= 11 is 0. The van der Waals surface area contributed by atoms with Crippen LogP contribution in [0.15, 0.2) is 42.5 Å². The summed E-state index contributed by atoms with van der Waals surface area (Å²) in [5.74, 6) is 0.273. The van der Waals surface area contributed by atoms with Crippen LogP contribution in [0.5, 0.6) is 5.75 Å². The van der Waals surface area contributed by atoms with E-state index >= 15 is 0 Å². The molecule has 1 N–H and O–H groups in total. The van der Waals surface area contributed by atoms with Gasteiger partial charge in [-0.05, 0) is 42.5 Å². The first-order valence-corrected chi connectivity index (χ1v) is 7.02. The van der Waals surface area contributed by atoms with Crippen molar-refractivity contribution < 1.29 is 13.5 Å². The van der Waals surface area contributed by atoms with Gasteiger partial charge in [0.25, 0.3) is 0 Å². The van der Waals surface area contributed by atoms with Crippen LogP contribution in [0.1, 0.15) is 24.3 Å². The van der Waals surface area contributed by atoms with Gasteiger partial charge in [0.05, 0.1) is 12.8 Å². The molecule has 2 aromatic carbocycles. The van der Waals surface area contributed by atoms with Gasteiger partial charge in [-0.3, -0.25) is 0 Å². The molecule has 2 aromatic rings. The minimum atomic E-state index is -0.324. The highest BCUT2D eigenvalue weighted by Gasteiger charge is 2.32. The van der Waals surface area contributed by atoms with E-state index in [1.807, 2.05) is 12.1 Å². The molecule has 1 aliphatic carbocycles. The predicted molar refractivity (Wildman–Crippen MR) is 78.7 cm³/mol. The highest BCUT2D eigenvalue weighted by atomic mass is 19.1. The Kier molecular flexibility index (Phi) is 3.78. The number of benzene rings is 2. The molecular weight excluding hydrogens is 272 g/mol. The highest BCUT2D eigenvalue weighted by Crippen LogP contribution is 2.40. The summed E-state index contributed by atoms with van der Waals surface area (Å²) in [6.45, 7) is 0. The van der Waals surface area contributed by atoms with Crippen molar-refractivity contribution in [1.82, 2.24) is 0 Å². The molecule has 0 spiro atoms. The van der Waals surface area contributed by atoms with Crippen LogP contribution in [0.2, 0.25) is 0 Å². The number of methoxy groups -OCH3 is 1. The van der Waals surface area contributed by atoms with Crippen molar-refractivity contribution in [3.8, 4) is 5.75 Å². The van der Waals surface area contributed by atoms with Crippen LogP contribution in [0.3, 0.4) is 0 Å². The lowest BCUT2D eigenvalue weighted by molar-refractivity contribution is 0.360. The van der Waals surface area contributed by atoms with Gasteiger partial charge in [-0.25, -0.2) is 8.78 Å². The molecule has 0 atom stereocenters. The van der Waals surface area contributed by atoms with E-state index in [1.165, 1.54) is 25.3 Å². The Bertz CT molecular complexity index is 638.